The zero-order chi connectivity index (χ0) is 22.4. The van der Waals surface area contributed by atoms with Gasteiger partial charge in [-0.2, -0.15) is 5.10 Å². The average molecular weight is 524 g/mol. The predicted molar refractivity (Wildman–Crippen MR) is 125 cm³/mol. The quantitative estimate of drug-likeness (QED) is 0.302. The van der Waals surface area contributed by atoms with Gasteiger partial charge in [-0.1, -0.05) is 41.4 Å². The van der Waals surface area contributed by atoms with E-state index in [1.54, 1.807) is 42.5 Å². The molecule has 0 bridgehead atoms. The molecule has 0 atom stereocenters. The molecule has 0 aliphatic carbocycles. The number of phenols is 1. The van der Waals surface area contributed by atoms with Crippen molar-refractivity contribution in [2.24, 2.45) is 5.10 Å². The van der Waals surface area contributed by atoms with Crippen molar-refractivity contribution in [2.45, 2.75) is 6.61 Å². The SMILES string of the molecule is COc1cc(/C=N\NC(=O)c2ccccc2O)cc(Br)c1OCc1ccc(Cl)cc1Cl. The minimum absolute atomic E-state index is 0.123. The number of aromatic hydroxyl groups is 1. The summed E-state index contributed by atoms with van der Waals surface area (Å²) >= 11 is 15.6. The largest absolute Gasteiger partial charge is 0.507 e. The maximum atomic E-state index is 12.1. The number of carbonyl (C=O) groups is 1. The molecule has 9 heteroatoms. The van der Waals surface area contributed by atoms with E-state index in [0.717, 1.165) is 5.56 Å². The summed E-state index contributed by atoms with van der Waals surface area (Å²) in [6.07, 6.45) is 1.45. The molecular weight excluding hydrogens is 507 g/mol. The highest BCUT2D eigenvalue weighted by Gasteiger charge is 2.13. The second-order valence-electron chi connectivity index (χ2n) is 6.27. The smallest absolute Gasteiger partial charge is 0.275 e. The first kappa shape index (κ1) is 22.9. The third-order valence-corrected chi connectivity index (χ3v) is 5.34. The van der Waals surface area contributed by atoms with E-state index in [4.69, 9.17) is 32.7 Å². The Balaban J connectivity index is 1.72. The Hall–Kier alpha value is -2.74. The minimum Gasteiger partial charge on any atom is -0.507 e. The molecule has 160 valence electrons. The molecule has 0 unspecified atom stereocenters. The number of rotatable bonds is 7. The lowest BCUT2D eigenvalue weighted by atomic mass is 10.2. The number of phenolic OH excluding ortho intramolecular Hbond substituents is 1. The van der Waals surface area contributed by atoms with Gasteiger partial charge in [-0.25, -0.2) is 5.43 Å². The van der Waals surface area contributed by atoms with E-state index >= 15 is 0 Å². The van der Waals surface area contributed by atoms with Crippen LogP contribution in [0.3, 0.4) is 0 Å². The minimum atomic E-state index is -0.528. The monoisotopic (exact) mass is 522 g/mol. The van der Waals surface area contributed by atoms with E-state index in [2.05, 4.69) is 26.5 Å². The molecule has 3 aromatic carbocycles. The Morgan fingerprint density at radius 2 is 1.97 bits per heavy atom. The van der Waals surface area contributed by atoms with Crippen molar-refractivity contribution < 1.29 is 19.4 Å². The number of hydrogen-bond acceptors (Lipinski definition) is 5. The topological polar surface area (TPSA) is 80.2 Å². The van der Waals surface area contributed by atoms with Crippen molar-refractivity contribution in [3.8, 4) is 17.2 Å². The van der Waals surface area contributed by atoms with Crippen LogP contribution in [0.15, 0.2) is 64.2 Å². The standard InChI is InChI=1S/C22H17BrCl2N2O4/c1-30-20-9-13(11-26-27-22(29)16-4-2-3-5-19(16)28)8-17(23)21(20)31-12-14-6-7-15(24)10-18(14)25/h2-11,28H,12H2,1H3,(H,27,29)/b26-11-. The summed E-state index contributed by atoms with van der Waals surface area (Å²) in [6.45, 7) is 0.217. The fourth-order valence-electron chi connectivity index (χ4n) is 2.63. The van der Waals surface area contributed by atoms with Gasteiger partial charge in [-0.15, -0.1) is 0 Å². The average Bonchev–Trinajstić information content (AvgIpc) is 2.74. The van der Waals surface area contributed by atoms with Gasteiger partial charge in [0.05, 0.1) is 23.4 Å². The number of amides is 1. The second kappa shape index (κ2) is 10.5. The number of ether oxygens (including phenoxy) is 2. The molecule has 0 saturated carbocycles. The number of nitrogens with zero attached hydrogens (tertiary/aromatic N) is 1. The van der Waals surface area contributed by atoms with Crippen LogP contribution in [0.4, 0.5) is 0 Å². The van der Waals surface area contributed by atoms with Crippen molar-refractivity contribution in [2.75, 3.05) is 7.11 Å². The van der Waals surface area contributed by atoms with E-state index in [9.17, 15) is 9.90 Å². The van der Waals surface area contributed by atoms with Crippen LogP contribution in [-0.2, 0) is 6.61 Å². The second-order valence-corrected chi connectivity index (χ2v) is 7.97. The highest BCUT2D eigenvalue weighted by atomic mass is 79.9. The number of benzene rings is 3. The normalized spacial score (nSPS) is 10.8. The molecule has 0 heterocycles. The Bertz CT molecular complexity index is 1140. The molecule has 3 aromatic rings. The van der Waals surface area contributed by atoms with Crippen LogP contribution in [0.25, 0.3) is 0 Å². The number of nitrogens with one attached hydrogen (secondary N) is 1. The third kappa shape index (κ3) is 5.91. The summed E-state index contributed by atoms with van der Waals surface area (Å²) in [7, 11) is 1.52. The Morgan fingerprint density at radius 3 is 2.68 bits per heavy atom. The van der Waals surface area contributed by atoms with E-state index in [1.807, 2.05) is 0 Å². The van der Waals surface area contributed by atoms with Gasteiger partial charge in [0.15, 0.2) is 11.5 Å². The number of halogens is 3. The van der Waals surface area contributed by atoms with Gasteiger partial charge in [0.2, 0.25) is 0 Å². The number of hydrazone groups is 1. The molecule has 0 fully saturated rings. The first-order valence-corrected chi connectivity index (χ1v) is 10.5. The lowest BCUT2D eigenvalue weighted by Crippen LogP contribution is -2.17. The van der Waals surface area contributed by atoms with Crippen molar-refractivity contribution >= 4 is 51.3 Å². The van der Waals surface area contributed by atoms with Crippen molar-refractivity contribution in [3.63, 3.8) is 0 Å². The van der Waals surface area contributed by atoms with Gasteiger partial charge >= 0.3 is 0 Å². The Morgan fingerprint density at radius 1 is 1.19 bits per heavy atom. The number of methoxy groups -OCH3 is 1. The molecule has 0 spiro atoms. The van der Waals surface area contributed by atoms with Crippen LogP contribution in [0.2, 0.25) is 10.0 Å². The zero-order valence-corrected chi connectivity index (χ0v) is 19.3. The van der Waals surface area contributed by atoms with Crippen molar-refractivity contribution in [3.05, 3.63) is 85.8 Å². The van der Waals surface area contributed by atoms with E-state index in [1.165, 1.54) is 25.5 Å². The van der Waals surface area contributed by atoms with Crippen molar-refractivity contribution in [1.82, 2.24) is 5.43 Å². The summed E-state index contributed by atoms with van der Waals surface area (Å²) in [4.78, 5) is 12.1. The molecule has 0 aliphatic rings. The van der Waals surface area contributed by atoms with E-state index in [-0.39, 0.29) is 17.9 Å². The summed E-state index contributed by atoms with van der Waals surface area (Å²) < 4.78 is 11.9. The molecule has 6 nitrogen and oxygen atoms in total. The lowest BCUT2D eigenvalue weighted by molar-refractivity contribution is 0.0952. The van der Waals surface area contributed by atoms with Crippen LogP contribution < -0.4 is 14.9 Å². The molecule has 0 aliphatic heterocycles. The van der Waals surface area contributed by atoms with Gasteiger partial charge in [0, 0.05) is 15.6 Å². The van der Waals surface area contributed by atoms with Crippen LogP contribution in [0, 0.1) is 0 Å². The molecule has 0 aromatic heterocycles. The Labute approximate surface area is 197 Å². The number of hydrogen-bond donors (Lipinski definition) is 2. The first-order valence-electron chi connectivity index (χ1n) is 8.94. The van der Waals surface area contributed by atoms with Crippen LogP contribution in [0.1, 0.15) is 21.5 Å². The van der Waals surface area contributed by atoms with Gasteiger partial charge in [0.25, 0.3) is 5.91 Å². The van der Waals surface area contributed by atoms with Gasteiger partial charge in [0.1, 0.15) is 12.4 Å². The third-order valence-electron chi connectivity index (χ3n) is 4.17. The van der Waals surface area contributed by atoms with Gasteiger partial charge in [-0.3, -0.25) is 4.79 Å². The molecular formula is C22H17BrCl2N2O4. The maximum Gasteiger partial charge on any atom is 0.275 e. The zero-order valence-electron chi connectivity index (χ0n) is 16.2. The number of para-hydroxylation sites is 1. The van der Waals surface area contributed by atoms with E-state index < -0.39 is 5.91 Å². The van der Waals surface area contributed by atoms with Crippen molar-refractivity contribution in [1.29, 1.82) is 0 Å². The molecule has 0 saturated heterocycles. The fourth-order valence-corrected chi connectivity index (χ4v) is 3.67. The molecule has 31 heavy (non-hydrogen) atoms. The lowest BCUT2D eigenvalue weighted by Gasteiger charge is -2.14. The summed E-state index contributed by atoms with van der Waals surface area (Å²) in [5, 5.41) is 14.7. The fraction of sp³-hybridized carbons (Fsp3) is 0.0909. The summed E-state index contributed by atoms with van der Waals surface area (Å²) in [5.41, 5.74) is 3.93. The Kier molecular flexibility index (Phi) is 7.79. The molecule has 2 N–H and O–H groups in total. The molecule has 3 rings (SSSR count). The summed E-state index contributed by atoms with van der Waals surface area (Å²) in [6, 6.07) is 14.9. The predicted octanol–water partition coefficient (Wildman–Crippen LogP) is 5.81. The highest BCUT2D eigenvalue weighted by Crippen LogP contribution is 2.37. The van der Waals surface area contributed by atoms with Gasteiger partial charge in [-0.05, 0) is 57.9 Å². The molecule has 0 radical (unpaired) electrons. The van der Waals surface area contributed by atoms with Gasteiger partial charge < -0.3 is 14.6 Å². The van der Waals surface area contributed by atoms with Crippen LogP contribution >= 0.6 is 39.1 Å². The highest BCUT2D eigenvalue weighted by molar-refractivity contribution is 9.10. The maximum absolute atomic E-state index is 12.1. The summed E-state index contributed by atoms with van der Waals surface area (Å²) in [5.74, 6) is 0.305. The number of carbonyl (C=O) groups excluding carboxylic acids is 1. The van der Waals surface area contributed by atoms with Crippen LogP contribution in [-0.4, -0.2) is 24.3 Å². The molecule has 1 amide bonds. The van der Waals surface area contributed by atoms with Crippen LogP contribution in [0.5, 0.6) is 17.2 Å². The first-order chi connectivity index (χ1) is 14.9. The van der Waals surface area contributed by atoms with E-state index in [0.29, 0.717) is 31.6 Å².